The number of nitrogens with one attached hydrogen (secondary N) is 1. The molecule has 0 unspecified atom stereocenters. The average molecular weight is 386 g/mol. The molecule has 132 valence electrons. The molecule has 0 radical (unpaired) electrons. The molecule has 2 aromatic carbocycles. The Morgan fingerprint density at radius 3 is 2.54 bits per heavy atom. The van der Waals surface area contributed by atoms with E-state index in [1.165, 1.54) is 11.3 Å². The van der Waals surface area contributed by atoms with Crippen molar-refractivity contribution in [2.45, 2.75) is 0 Å². The van der Waals surface area contributed by atoms with E-state index in [0.717, 1.165) is 0 Å². The number of hydrogen-bond donors (Lipinski definition) is 1. The first-order chi connectivity index (χ1) is 12.6. The van der Waals surface area contributed by atoms with Gasteiger partial charge in [0.1, 0.15) is 12.4 Å². The highest BCUT2D eigenvalue weighted by atomic mass is 35.5. The molecule has 0 fully saturated rings. The van der Waals surface area contributed by atoms with Crippen LogP contribution in [0.4, 0.5) is 0 Å². The van der Waals surface area contributed by atoms with E-state index in [1.54, 1.807) is 54.6 Å². The predicted octanol–water partition coefficient (Wildman–Crippen LogP) is 4.44. The van der Waals surface area contributed by atoms with Crippen LogP contribution in [-0.4, -0.2) is 24.8 Å². The van der Waals surface area contributed by atoms with Crippen molar-refractivity contribution in [2.75, 3.05) is 13.2 Å². The van der Waals surface area contributed by atoms with Gasteiger partial charge in [0, 0.05) is 10.6 Å². The van der Waals surface area contributed by atoms with E-state index < -0.39 is 0 Å². The van der Waals surface area contributed by atoms with Gasteiger partial charge in [-0.2, -0.15) is 0 Å². The number of hydrogen-bond acceptors (Lipinski definition) is 4. The maximum atomic E-state index is 12.6. The lowest BCUT2D eigenvalue weighted by atomic mass is 10.0. The molecule has 26 heavy (non-hydrogen) atoms. The van der Waals surface area contributed by atoms with Gasteiger partial charge in [0.15, 0.2) is 0 Å². The fourth-order valence-corrected chi connectivity index (χ4v) is 3.26. The third-order valence-electron chi connectivity index (χ3n) is 3.61. The van der Waals surface area contributed by atoms with E-state index in [0.29, 0.717) is 39.9 Å². The van der Waals surface area contributed by atoms with Crippen molar-refractivity contribution >= 4 is 34.6 Å². The molecule has 0 aliphatic heterocycles. The van der Waals surface area contributed by atoms with E-state index >= 15 is 0 Å². The zero-order valence-electron chi connectivity index (χ0n) is 13.8. The molecular formula is C20H16ClNO3S. The second-order valence-electron chi connectivity index (χ2n) is 5.41. The van der Waals surface area contributed by atoms with Crippen LogP contribution in [0.15, 0.2) is 66.0 Å². The lowest BCUT2D eigenvalue weighted by Gasteiger charge is -2.10. The highest BCUT2D eigenvalue weighted by Gasteiger charge is 2.18. The standard InChI is InChI=1S/C20H16ClNO3S/c21-14-5-3-6-15(13-14)25-11-10-22-20(24)17-8-2-1-7-16(17)19(23)18-9-4-12-26-18/h1-9,12-13H,10-11H2,(H,22,24). The Morgan fingerprint density at radius 2 is 1.81 bits per heavy atom. The van der Waals surface area contributed by atoms with Crippen LogP contribution in [-0.2, 0) is 0 Å². The Morgan fingerprint density at radius 1 is 1.00 bits per heavy atom. The van der Waals surface area contributed by atoms with Crippen molar-refractivity contribution in [3.63, 3.8) is 0 Å². The van der Waals surface area contributed by atoms with Crippen LogP contribution in [0.1, 0.15) is 25.6 Å². The molecule has 1 aromatic heterocycles. The molecule has 3 aromatic rings. The molecule has 0 bridgehead atoms. The fraction of sp³-hybridized carbons (Fsp3) is 0.100. The van der Waals surface area contributed by atoms with Gasteiger partial charge in [-0.25, -0.2) is 0 Å². The molecule has 3 rings (SSSR count). The third-order valence-corrected chi connectivity index (χ3v) is 4.72. The number of ketones is 1. The van der Waals surface area contributed by atoms with Crippen molar-refractivity contribution < 1.29 is 14.3 Å². The molecule has 0 saturated carbocycles. The maximum absolute atomic E-state index is 12.6. The van der Waals surface area contributed by atoms with Gasteiger partial charge >= 0.3 is 0 Å². The number of ether oxygens (including phenoxy) is 1. The molecular weight excluding hydrogens is 370 g/mol. The fourth-order valence-electron chi connectivity index (χ4n) is 2.41. The molecule has 4 nitrogen and oxygen atoms in total. The number of rotatable bonds is 7. The minimum absolute atomic E-state index is 0.152. The number of amides is 1. The number of halogens is 1. The van der Waals surface area contributed by atoms with E-state index in [-0.39, 0.29) is 11.7 Å². The third kappa shape index (κ3) is 4.50. The molecule has 1 amide bonds. The maximum Gasteiger partial charge on any atom is 0.252 e. The lowest BCUT2D eigenvalue weighted by Crippen LogP contribution is -2.29. The summed E-state index contributed by atoms with van der Waals surface area (Å²) in [5.41, 5.74) is 0.747. The highest BCUT2D eigenvalue weighted by Crippen LogP contribution is 2.19. The number of benzene rings is 2. The first-order valence-corrected chi connectivity index (χ1v) is 9.25. The smallest absolute Gasteiger partial charge is 0.252 e. The first-order valence-electron chi connectivity index (χ1n) is 7.99. The second-order valence-corrected chi connectivity index (χ2v) is 6.80. The van der Waals surface area contributed by atoms with Crippen molar-refractivity contribution in [2.24, 2.45) is 0 Å². The normalized spacial score (nSPS) is 10.3. The Labute approximate surface area is 160 Å². The summed E-state index contributed by atoms with van der Waals surface area (Å²) in [6, 6.07) is 17.4. The summed E-state index contributed by atoms with van der Waals surface area (Å²) >= 11 is 7.25. The molecule has 1 N–H and O–H groups in total. The van der Waals surface area contributed by atoms with Crippen LogP contribution in [0.3, 0.4) is 0 Å². The summed E-state index contributed by atoms with van der Waals surface area (Å²) in [4.78, 5) is 25.6. The second kappa shape index (κ2) is 8.65. The SMILES string of the molecule is O=C(NCCOc1cccc(Cl)c1)c1ccccc1C(=O)c1cccs1. The lowest BCUT2D eigenvalue weighted by molar-refractivity contribution is 0.0936. The van der Waals surface area contributed by atoms with E-state index in [2.05, 4.69) is 5.32 Å². The van der Waals surface area contributed by atoms with Gasteiger partial charge in [-0.15, -0.1) is 11.3 Å². The van der Waals surface area contributed by atoms with Gasteiger partial charge in [0.05, 0.1) is 17.0 Å². The largest absolute Gasteiger partial charge is 0.492 e. The molecule has 6 heteroatoms. The monoisotopic (exact) mass is 385 g/mol. The van der Waals surface area contributed by atoms with Gasteiger partial charge in [-0.05, 0) is 35.7 Å². The van der Waals surface area contributed by atoms with E-state index in [4.69, 9.17) is 16.3 Å². The zero-order valence-corrected chi connectivity index (χ0v) is 15.3. The molecule has 1 heterocycles. The van der Waals surface area contributed by atoms with Gasteiger partial charge in [0.2, 0.25) is 5.78 Å². The van der Waals surface area contributed by atoms with Crippen LogP contribution in [0.5, 0.6) is 5.75 Å². The minimum atomic E-state index is -0.305. The molecule has 0 spiro atoms. The highest BCUT2D eigenvalue weighted by molar-refractivity contribution is 7.12. The van der Waals surface area contributed by atoms with Crippen LogP contribution >= 0.6 is 22.9 Å². The minimum Gasteiger partial charge on any atom is -0.492 e. The van der Waals surface area contributed by atoms with Crippen LogP contribution in [0.2, 0.25) is 5.02 Å². The Balaban J connectivity index is 1.61. The van der Waals surface area contributed by atoms with Crippen molar-refractivity contribution in [1.82, 2.24) is 5.32 Å². The average Bonchev–Trinajstić information content (AvgIpc) is 3.19. The summed E-state index contributed by atoms with van der Waals surface area (Å²) in [5.74, 6) is 0.182. The molecule has 0 aliphatic rings. The van der Waals surface area contributed by atoms with Crippen molar-refractivity contribution in [3.8, 4) is 5.75 Å². The molecule has 0 saturated heterocycles. The molecule has 0 aliphatic carbocycles. The van der Waals surface area contributed by atoms with Crippen LogP contribution < -0.4 is 10.1 Å². The first kappa shape index (κ1) is 18.2. The number of carbonyl (C=O) groups excluding carboxylic acids is 2. The van der Waals surface area contributed by atoms with Gasteiger partial charge in [0.25, 0.3) is 5.91 Å². The number of carbonyl (C=O) groups is 2. The van der Waals surface area contributed by atoms with Crippen molar-refractivity contribution in [3.05, 3.63) is 87.1 Å². The summed E-state index contributed by atoms with van der Waals surface area (Å²) in [6.07, 6.45) is 0. The van der Waals surface area contributed by atoms with Crippen molar-refractivity contribution in [1.29, 1.82) is 0 Å². The zero-order chi connectivity index (χ0) is 18.4. The van der Waals surface area contributed by atoms with E-state index in [9.17, 15) is 9.59 Å². The Kier molecular flexibility index (Phi) is 6.04. The van der Waals surface area contributed by atoms with Gasteiger partial charge in [-0.1, -0.05) is 41.9 Å². The summed E-state index contributed by atoms with van der Waals surface area (Å²) < 4.78 is 5.55. The quantitative estimate of drug-likeness (QED) is 0.483. The number of thiophene rings is 1. The Hall–Kier alpha value is -2.63. The topological polar surface area (TPSA) is 55.4 Å². The van der Waals surface area contributed by atoms with Crippen LogP contribution in [0, 0.1) is 0 Å². The van der Waals surface area contributed by atoms with Crippen LogP contribution in [0.25, 0.3) is 0 Å². The summed E-state index contributed by atoms with van der Waals surface area (Å²) in [5, 5.41) is 5.21. The summed E-state index contributed by atoms with van der Waals surface area (Å²) in [7, 11) is 0. The van der Waals surface area contributed by atoms with Gasteiger partial charge in [-0.3, -0.25) is 9.59 Å². The molecule has 0 atom stereocenters. The predicted molar refractivity (Wildman–Crippen MR) is 103 cm³/mol. The Bertz CT molecular complexity index is 909. The van der Waals surface area contributed by atoms with E-state index in [1.807, 2.05) is 11.4 Å². The van der Waals surface area contributed by atoms with Gasteiger partial charge < -0.3 is 10.1 Å². The summed E-state index contributed by atoms with van der Waals surface area (Å²) in [6.45, 7) is 0.611.